The van der Waals surface area contributed by atoms with Crippen LogP contribution < -0.4 is 14.8 Å². The fourth-order valence-corrected chi connectivity index (χ4v) is 3.51. The predicted molar refractivity (Wildman–Crippen MR) is 125 cm³/mol. The van der Waals surface area contributed by atoms with Crippen molar-refractivity contribution in [1.82, 2.24) is 9.78 Å². The first-order chi connectivity index (χ1) is 15.3. The fourth-order valence-electron chi connectivity index (χ4n) is 3.19. The van der Waals surface area contributed by atoms with Crippen molar-refractivity contribution in [2.75, 3.05) is 19.5 Å². The normalized spacial score (nSPS) is 11.1. The van der Waals surface area contributed by atoms with Crippen molar-refractivity contribution in [3.05, 3.63) is 69.5 Å². The van der Waals surface area contributed by atoms with Gasteiger partial charge in [0.25, 0.3) is 5.91 Å². The van der Waals surface area contributed by atoms with Crippen LogP contribution in [0.15, 0.2) is 42.0 Å². The summed E-state index contributed by atoms with van der Waals surface area (Å²) in [7, 11) is 3.03. The quantitative estimate of drug-likeness (QED) is 0.421. The molecule has 32 heavy (non-hydrogen) atoms. The number of carbonyl (C=O) groups is 1. The molecule has 0 atom stereocenters. The lowest BCUT2D eigenvalue weighted by Gasteiger charge is -2.10. The van der Waals surface area contributed by atoms with Gasteiger partial charge in [-0.25, -0.2) is 4.68 Å². The monoisotopic (exact) mass is 450 g/mol. The molecule has 0 aliphatic rings. The van der Waals surface area contributed by atoms with Gasteiger partial charge in [-0.1, -0.05) is 23.7 Å². The Bertz CT molecular complexity index is 1250. The van der Waals surface area contributed by atoms with Crippen molar-refractivity contribution in [3.63, 3.8) is 0 Å². The average Bonchev–Trinajstić information content (AvgIpc) is 3.06. The minimum absolute atomic E-state index is 0.106. The SMILES string of the molecule is COc1ccc(NC(=O)/C(C#N)=C/c2c(C)nn(-c3cc(C)ccc3C)c2Cl)cc1OC. The molecule has 2 aromatic carbocycles. The molecule has 0 radical (unpaired) electrons. The van der Waals surface area contributed by atoms with Crippen LogP contribution in [-0.4, -0.2) is 29.9 Å². The van der Waals surface area contributed by atoms with Crippen LogP contribution in [0.25, 0.3) is 11.8 Å². The van der Waals surface area contributed by atoms with E-state index in [1.807, 2.05) is 38.1 Å². The molecule has 0 fully saturated rings. The number of benzene rings is 2. The van der Waals surface area contributed by atoms with E-state index in [2.05, 4.69) is 10.4 Å². The van der Waals surface area contributed by atoms with Gasteiger partial charge in [-0.15, -0.1) is 0 Å². The highest BCUT2D eigenvalue weighted by Crippen LogP contribution is 2.31. The standard InChI is InChI=1S/C24H23ClN4O3/c1-14-6-7-15(2)20(10-14)29-23(25)19(16(3)28-29)11-17(13-26)24(30)27-18-8-9-21(31-4)22(12-18)32-5/h6-12H,1-5H3,(H,27,30)/b17-11+. The lowest BCUT2D eigenvalue weighted by Crippen LogP contribution is -2.13. The molecule has 1 N–H and O–H groups in total. The van der Waals surface area contributed by atoms with E-state index >= 15 is 0 Å². The van der Waals surface area contributed by atoms with E-state index < -0.39 is 5.91 Å². The number of hydrogen-bond donors (Lipinski definition) is 1. The summed E-state index contributed by atoms with van der Waals surface area (Å²) in [6, 6.07) is 12.9. The van der Waals surface area contributed by atoms with Crippen LogP contribution in [0.1, 0.15) is 22.4 Å². The van der Waals surface area contributed by atoms with Gasteiger partial charge in [-0.05, 0) is 56.2 Å². The molecule has 1 aromatic heterocycles. The number of nitriles is 1. The van der Waals surface area contributed by atoms with E-state index in [4.69, 9.17) is 21.1 Å². The van der Waals surface area contributed by atoms with Crippen LogP contribution >= 0.6 is 11.6 Å². The molecule has 8 heteroatoms. The maximum atomic E-state index is 12.8. The van der Waals surface area contributed by atoms with Crippen LogP contribution in [0, 0.1) is 32.1 Å². The summed E-state index contributed by atoms with van der Waals surface area (Å²) in [6.45, 7) is 5.73. The van der Waals surface area contributed by atoms with Gasteiger partial charge in [0, 0.05) is 17.3 Å². The second kappa shape index (κ2) is 9.58. The van der Waals surface area contributed by atoms with Crippen molar-refractivity contribution in [3.8, 4) is 23.3 Å². The smallest absolute Gasteiger partial charge is 0.266 e. The van der Waals surface area contributed by atoms with E-state index in [0.717, 1.165) is 16.8 Å². The number of amides is 1. The molecule has 164 valence electrons. The number of anilines is 1. The summed E-state index contributed by atoms with van der Waals surface area (Å²) in [5, 5.41) is 17.2. The van der Waals surface area contributed by atoms with E-state index in [1.54, 1.807) is 29.8 Å². The van der Waals surface area contributed by atoms with Crippen molar-refractivity contribution >= 4 is 29.3 Å². The second-order valence-electron chi connectivity index (χ2n) is 7.19. The maximum absolute atomic E-state index is 12.8. The van der Waals surface area contributed by atoms with Gasteiger partial charge in [-0.3, -0.25) is 4.79 Å². The number of ether oxygens (including phenoxy) is 2. The first-order valence-electron chi connectivity index (χ1n) is 9.77. The Morgan fingerprint density at radius 3 is 2.50 bits per heavy atom. The molecular weight excluding hydrogens is 428 g/mol. The number of nitrogens with zero attached hydrogens (tertiary/aromatic N) is 3. The highest BCUT2D eigenvalue weighted by molar-refractivity contribution is 6.31. The molecule has 0 spiro atoms. The van der Waals surface area contributed by atoms with Gasteiger partial charge in [0.05, 0.1) is 25.6 Å². The molecule has 0 saturated heterocycles. The number of aryl methyl sites for hydroxylation is 3. The molecule has 0 bridgehead atoms. The maximum Gasteiger partial charge on any atom is 0.266 e. The second-order valence-corrected chi connectivity index (χ2v) is 7.54. The molecule has 0 saturated carbocycles. The average molecular weight is 451 g/mol. The summed E-state index contributed by atoms with van der Waals surface area (Å²) in [4.78, 5) is 12.8. The number of methoxy groups -OCH3 is 2. The van der Waals surface area contributed by atoms with Crippen LogP contribution in [0.5, 0.6) is 11.5 Å². The van der Waals surface area contributed by atoms with Gasteiger partial charge >= 0.3 is 0 Å². The van der Waals surface area contributed by atoms with E-state index in [1.165, 1.54) is 20.3 Å². The fraction of sp³-hybridized carbons (Fsp3) is 0.208. The Hall–Kier alpha value is -3.76. The lowest BCUT2D eigenvalue weighted by molar-refractivity contribution is -0.112. The van der Waals surface area contributed by atoms with Gasteiger partial charge in [0.1, 0.15) is 16.8 Å². The number of halogens is 1. The predicted octanol–water partition coefficient (Wildman–Crippen LogP) is 5.01. The third-order valence-corrected chi connectivity index (χ3v) is 5.30. The Morgan fingerprint density at radius 1 is 1.12 bits per heavy atom. The van der Waals surface area contributed by atoms with E-state index in [9.17, 15) is 10.1 Å². The number of nitrogens with one attached hydrogen (secondary N) is 1. The van der Waals surface area contributed by atoms with Crippen LogP contribution in [0.4, 0.5) is 5.69 Å². The van der Waals surface area contributed by atoms with E-state index in [0.29, 0.717) is 33.6 Å². The molecule has 1 heterocycles. The Kier molecular flexibility index (Phi) is 6.86. The highest BCUT2D eigenvalue weighted by atomic mass is 35.5. The van der Waals surface area contributed by atoms with Crippen LogP contribution in [-0.2, 0) is 4.79 Å². The molecule has 0 unspecified atom stereocenters. The van der Waals surface area contributed by atoms with Gasteiger partial charge < -0.3 is 14.8 Å². The Morgan fingerprint density at radius 2 is 1.84 bits per heavy atom. The zero-order valence-corrected chi connectivity index (χ0v) is 19.2. The molecular formula is C24H23ClN4O3. The van der Waals surface area contributed by atoms with E-state index in [-0.39, 0.29) is 5.57 Å². The molecule has 1 amide bonds. The topological polar surface area (TPSA) is 89.2 Å². The molecule has 3 aromatic rings. The zero-order valence-electron chi connectivity index (χ0n) is 18.5. The third kappa shape index (κ3) is 4.61. The first-order valence-corrected chi connectivity index (χ1v) is 10.1. The number of hydrogen-bond acceptors (Lipinski definition) is 5. The highest BCUT2D eigenvalue weighted by Gasteiger charge is 2.18. The summed E-state index contributed by atoms with van der Waals surface area (Å²) in [5.41, 5.74) is 4.37. The minimum Gasteiger partial charge on any atom is -0.493 e. The van der Waals surface area contributed by atoms with Crippen molar-refractivity contribution in [2.45, 2.75) is 20.8 Å². The van der Waals surface area contributed by atoms with Gasteiger partial charge in [0.15, 0.2) is 11.5 Å². The Balaban J connectivity index is 1.95. The van der Waals surface area contributed by atoms with Crippen LogP contribution in [0.2, 0.25) is 5.15 Å². The number of carbonyl (C=O) groups excluding carboxylic acids is 1. The van der Waals surface area contributed by atoms with Gasteiger partial charge in [-0.2, -0.15) is 10.4 Å². The lowest BCUT2D eigenvalue weighted by atomic mass is 10.1. The van der Waals surface area contributed by atoms with Crippen LogP contribution in [0.3, 0.4) is 0 Å². The Labute approximate surface area is 191 Å². The number of aromatic nitrogens is 2. The first kappa shape index (κ1) is 22.9. The molecule has 0 aliphatic heterocycles. The zero-order chi connectivity index (χ0) is 23.4. The molecule has 0 aliphatic carbocycles. The third-order valence-electron chi connectivity index (χ3n) is 4.94. The van der Waals surface area contributed by atoms with Crippen molar-refractivity contribution in [2.24, 2.45) is 0 Å². The molecule has 3 rings (SSSR count). The number of rotatable bonds is 6. The van der Waals surface area contributed by atoms with Crippen molar-refractivity contribution < 1.29 is 14.3 Å². The summed E-state index contributed by atoms with van der Waals surface area (Å²) >= 11 is 6.61. The summed E-state index contributed by atoms with van der Waals surface area (Å²) < 4.78 is 12.1. The summed E-state index contributed by atoms with van der Waals surface area (Å²) in [5.74, 6) is 0.416. The molecule has 7 nitrogen and oxygen atoms in total. The van der Waals surface area contributed by atoms with Crippen molar-refractivity contribution in [1.29, 1.82) is 5.26 Å². The largest absolute Gasteiger partial charge is 0.493 e. The van der Waals surface area contributed by atoms with Gasteiger partial charge in [0.2, 0.25) is 0 Å². The summed E-state index contributed by atoms with van der Waals surface area (Å²) in [6.07, 6.45) is 1.45. The minimum atomic E-state index is -0.574.